The molecular formula is C18H19N3O3. The van der Waals surface area contributed by atoms with Gasteiger partial charge in [-0.25, -0.2) is 4.99 Å². The number of amidine groups is 1. The summed E-state index contributed by atoms with van der Waals surface area (Å²) in [5.74, 6) is 0.498. The van der Waals surface area contributed by atoms with Crippen molar-refractivity contribution in [2.24, 2.45) is 4.99 Å². The van der Waals surface area contributed by atoms with Crippen LogP contribution in [0.25, 0.3) is 0 Å². The van der Waals surface area contributed by atoms with Crippen molar-refractivity contribution >= 4 is 23.3 Å². The molecule has 6 nitrogen and oxygen atoms in total. The lowest BCUT2D eigenvalue weighted by molar-refractivity contribution is -0.118. The number of aliphatic imine (C=N–C) groups is 1. The summed E-state index contributed by atoms with van der Waals surface area (Å²) < 4.78 is 11.4. The third kappa shape index (κ3) is 2.87. The summed E-state index contributed by atoms with van der Waals surface area (Å²) in [7, 11) is 0. The second-order valence-electron chi connectivity index (χ2n) is 6.07. The molecule has 2 N–H and O–H groups in total. The Morgan fingerprint density at radius 1 is 1.33 bits per heavy atom. The van der Waals surface area contributed by atoms with Crippen LogP contribution >= 0.6 is 0 Å². The molecule has 0 fully saturated rings. The fraction of sp³-hybridized carbons (Fsp3) is 0.333. The second kappa shape index (κ2) is 6.03. The van der Waals surface area contributed by atoms with Crippen molar-refractivity contribution < 1.29 is 14.3 Å². The average Bonchev–Trinajstić information content (AvgIpc) is 2.96. The number of carbonyl (C=O) groups excluding carboxylic acids is 1. The molecule has 1 aromatic rings. The van der Waals surface area contributed by atoms with Crippen molar-refractivity contribution in [3.05, 3.63) is 42.0 Å². The third-order valence-electron chi connectivity index (χ3n) is 4.22. The Morgan fingerprint density at radius 2 is 2.25 bits per heavy atom. The number of hydrogen-bond donors (Lipinski definition) is 2. The van der Waals surface area contributed by atoms with Gasteiger partial charge in [-0.15, -0.1) is 0 Å². The zero-order valence-corrected chi connectivity index (χ0v) is 13.4. The Kier molecular flexibility index (Phi) is 3.72. The predicted molar refractivity (Wildman–Crippen MR) is 92.4 cm³/mol. The highest BCUT2D eigenvalue weighted by molar-refractivity contribution is 5.97. The maximum atomic E-state index is 11.3. The number of nitrogens with zero attached hydrogens (tertiary/aromatic N) is 1. The highest BCUT2D eigenvalue weighted by Crippen LogP contribution is 2.31. The molecule has 2 unspecified atom stereocenters. The number of amides is 1. The molecule has 0 spiro atoms. The monoisotopic (exact) mass is 325 g/mol. The Morgan fingerprint density at radius 3 is 3.08 bits per heavy atom. The first kappa shape index (κ1) is 14.8. The van der Waals surface area contributed by atoms with Gasteiger partial charge in [0.1, 0.15) is 11.9 Å². The maximum Gasteiger partial charge on any atom is 0.290 e. The minimum atomic E-state index is -0.141. The Labute approximate surface area is 140 Å². The lowest BCUT2D eigenvalue weighted by Crippen LogP contribution is -2.25. The van der Waals surface area contributed by atoms with E-state index in [1.54, 1.807) is 6.07 Å². The van der Waals surface area contributed by atoms with Gasteiger partial charge in [-0.05, 0) is 37.5 Å². The molecule has 3 aliphatic rings. The molecule has 0 aromatic heterocycles. The molecule has 0 saturated heterocycles. The first-order valence-corrected chi connectivity index (χ1v) is 8.14. The maximum absolute atomic E-state index is 11.3. The fourth-order valence-corrected chi connectivity index (χ4v) is 3.03. The minimum absolute atomic E-state index is 0.0352. The number of carbonyl (C=O) groups is 1. The van der Waals surface area contributed by atoms with Crippen LogP contribution in [0.15, 0.2) is 47.0 Å². The van der Waals surface area contributed by atoms with Crippen molar-refractivity contribution in [3.8, 4) is 5.75 Å². The summed E-state index contributed by atoms with van der Waals surface area (Å²) in [6.07, 6.45) is 8.61. The zero-order chi connectivity index (χ0) is 16.5. The summed E-state index contributed by atoms with van der Waals surface area (Å²) in [5.41, 5.74) is 2.67. The topological polar surface area (TPSA) is 72.0 Å². The van der Waals surface area contributed by atoms with Crippen molar-refractivity contribution in [1.82, 2.24) is 0 Å². The van der Waals surface area contributed by atoms with Gasteiger partial charge in [0.05, 0.1) is 11.7 Å². The molecular weight excluding hydrogens is 306 g/mol. The molecule has 0 bridgehead atoms. The lowest BCUT2D eigenvalue weighted by Gasteiger charge is -2.20. The third-order valence-corrected chi connectivity index (χ3v) is 4.22. The van der Waals surface area contributed by atoms with Crippen molar-refractivity contribution in [2.45, 2.75) is 31.9 Å². The van der Waals surface area contributed by atoms with E-state index in [-0.39, 0.29) is 24.7 Å². The van der Waals surface area contributed by atoms with E-state index in [2.05, 4.69) is 33.9 Å². The summed E-state index contributed by atoms with van der Waals surface area (Å²) in [4.78, 5) is 15.9. The number of allylic oxidation sites excluding steroid dienone is 2. The highest BCUT2D eigenvalue weighted by Gasteiger charge is 2.30. The molecule has 2 atom stereocenters. The number of rotatable bonds is 2. The predicted octanol–water partition coefficient (Wildman–Crippen LogP) is 2.85. The minimum Gasteiger partial charge on any atom is -0.482 e. The zero-order valence-electron chi connectivity index (χ0n) is 13.4. The Bertz CT molecular complexity index is 767. The first-order chi connectivity index (χ1) is 11.7. The van der Waals surface area contributed by atoms with Crippen LogP contribution in [-0.4, -0.2) is 30.7 Å². The van der Waals surface area contributed by atoms with Crippen LogP contribution in [0.1, 0.15) is 19.8 Å². The molecule has 1 aliphatic carbocycles. The van der Waals surface area contributed by atoms with Crippen molar-refractivity contribution in [1.29, 1.82) is 0 Å². The van der Waals surface area contributed by atoms with Gasteiger partial charge in [0.25, 0.3) is 11.9 Å². The van der Waals surface area contributed by atoms with Crippen LogP contribution in [-0.2, 0) is 9.53 Å². The van der Waals surface area contributed by atoms with Gasteiger partial charge in [0, 0.05) is 11.8 Å². The van der Waals surface area contributed by atoms with Gasteiger partial charge in [-0.2, -0.15) is 0 Å². The Balaban J connectivity index is 1.46. The lowest BCUT2D eigenvalue weighted by atomic mass is 9.98. The SMILES string of the molecule is CC1N=C(Nc2ccc3c(c2)OCC(=O)N3)OC1C1=CCCC=C1. The molecule has 1 amide bonds. The van der Waals surface area contributed by atoms with Crippen LogP contribution in [0.2, 0.25) is 0 Å². The van der Waals surface area contributed by atoms with E-state index in [4.69, 9.17) is 9.47 Å². The van der Waals surface area contributed by atoms with Crippen LogP contribution in [0, 0.1) is 0 Å². The largest absolute Gasteiger partial charge is 0.482 e. The van der Waals surface area contributed by atoms with E-state index in [0.29, 0.717) is 17.5 Å². The highest BCUT2D eigenvalue weighted by atomic mass is 16.5. The normalized spacial score (nSPS) is 25.0. The van der Waals surface area contributed by atoms with Crippen LogP contribution in [0.3, 0.4) is 0 Å². The molecule has 2 heterocycles. The van der Waals surface area contributed by atoms with Gasteiger partial charge in [0.2, 0.25) is 0 Å². The van der Waals surface area contributed by atoms with E-state index in [9.17, 15) is 4.79 Å². The number of ether oxygens (including phenoxy) is 2. The average molecular weight is 325 g/mol. The van der Waals surface area contributed by atoms with Gasteiger partial charge < -0.3 is 20.1 Å². The molecule has 0 saturated carbocycles. The number of fused-ring (bicyclic) bond motifs is 1. The fourth-order valence-electron chi connectivity index (χ4n) is 3.03. The van der Waals surface area contributed by atoms with Crippen molar-refractivity contribution in [3.63, 3.8) is 0 Å². The quantitative estimate of drug-likeness (QED) is 0.877. The summed E-state index contributed by atoms with van der Waals surface area (Å²) >= 11 is 0. The smallest absolute Gasteiger partial charge is 0.290 e. The van der Waals surface area contributed by atoms with E-state index in [1.165, 1.54) is 5.57 Å². The van der Waals surface area contributed by atoms with Gasteiger partial charge in [0.15, 0.2) is 6.61 Å². The van der Waals surface area contributed by atoms with Crippen LogP contribution < -0.4 is 15.4 Å². The van der Waals surface area contributed by atoms with Crippen molar-refractivity contribution in [2.75, 3.05) is 17.2 Å². The standard InChI is InChI=1S/C18H19N3O3/c1-11-17(12-5-3-2-4-6-12)24-18(19-11)20-13-7-8-14-15(9-13)23-10-16(22)21-14/h3,5-9,11,17H,2,4,10H2,1H3,(H,19,20)(H,21,22). The van der Waals surface area contributed by atoms with E-state index in [1.807, 2.05) is 19.1 Å². The van der Waals surface area contributed by atoms with E-state index >= 15 is 0 Å². The van der Waals surface area contributed by atoms with E-state index < -0.39 is 0 Å². The molecule has 2 aliphatic heterocycles. The first-order valence-electron chi connectivity index (χ1n) is 8.14. The molecule has 0 radical (unpaired) electrons. The van der Waals surface area contributed by atoms with Gasteiger partial charge >= 0.3 is 0 Å². The summed E-state index contributed by atoms with van der Waals surface area (Å²) in [6, 6.07) is 6.06. The molecule has 24 heavy (non-hydrogen) atoms. The Hall–Kier alpha value is -2.76. The second-order valence-corrected chi connectivity index (χ2v) is 6.07. The van der Waals surface area contributed by atoms with Crippen LogP contribution in [0.5, 0.6) is 5.75 Å². The van der Waals surface area contributed by atoms with Gasteiger partial charge in [-0.3, -0.25) is 4.79 Å². The summed E-state index contributed by atoms with van der Waals surface area (Å²) in [6.45, 7) is 2.08. The molecule has 6 heteroatoms. The molecule has 124 valence electrons. The van der Waals surface area contributed by atoms with Gasteiger partial charge in [-0.1, -0.05) is 18.2 Å². The molecule has 4 rings (SSSR count). The molecule has 1 aromatic carbocycles. The van der Waals surface area contributed by atoms with Crippen LogP contribution in [0.4, 0.5) is 11.4 Å². The van der Waals surface area contributed by atoms with E-state index in [0.717, 1.165) is 18.5 Å². The number of nitrogens with one attached hydrogen (secondary N) is 2. The number of hydrogen-bond acceptors (Lipinski definition) is 5. The summed E-state index contributed by atoms with van der Waals surface area (Å²) in [5, 5.41) is 5.95. The number of benzene rings is 1. The number of anilines is 2.